The maximum Gasteiger partial charge on any atom is 0.193 e. The van der Waals surface area contributed by atoms with Crippen LogP contribution in [-0.4, -0.2) is 5.96 Å². The molecule has 2 aromatic carbocycles. The predicted octanol–water partition coefficient (Wildman–Crippen LogP) is 3.82. The fraction of sp³-hybridized carbons (Fsp3) is 0.133. The van der Waals surface area contributed by atoms with Crippen molar-refractivity contribution < 1.29 is 4.39 Å². The summed E-state index contributed by atoms with van der Waals surface area (Å²) < 4.78 is 14.5. The van der Waals surface area contributed by atoms with Gasteiger partial charge in [-0.1, -0.05) is 46.3 Å². The van der Waals surface area contributed by atoms with Crippen molar-refractivity contribution in [3.63, 3.8) is 0 Å². The zero-order valence-electron chi connectivity index (χ0n) is 11.0. The fourth-order valence-corrected chi connectivity index (χ4v) is 2.01. The summed E-state index contributed by atoms with van der Waals surface area (Å²) in [4.78, 5) is 4.19. The molecule has 104 valence electrons. The Morgan fingerprint density at radius 2 is 2.00 bits per heavy atom. The van der Waals surface area contributed by atoms with Crippen molar-refractivity contribution in [1.82, 2.24) is 0 Å². The van der Waals surface area contributed by atoms with Gasteiger partial charge in [-0.3, -0.25) is 0 Å². The standard InChI is InChI=1S/C15H15BrFN3/c1-10-7-14(13(17)8-12(10)16)20-15(18)19-9-11-5-3-2-4-6-11/h2-8H,9H2,1H3,(H3,18,19,20). The van der Waals surface area contributed by atoms with Crippen LogP contribution in [0.1, 0.15) is 11.1 Å². The Balaban J connectivity index is 2.08. The van der Waals surface area contributed by atoms with E-state index in [2.05, 4.69) is 26.2 Å². The third-order valence-electron chi connectivity index (χ3n) is 2.79. The normalized spacial score (nSPS) is 11.4. The van der Waals surface area contributed by atoms with Crippen LogP contribution >= 0.6 is 15.9 Å². The molecular formula is C15H15BrFN3. The van der Waals surface area contributed by atoms with Crippen molar-refractivity contribution >= 4 is 27.6 Å². The fourth-order valence-electron chi connectivity index (χ4n) is 1.69. The van der Waals surface area contributed by atoms with Gasteiger partial charge < -0.3 is 11.1 Å². The van der Waals surface area contributed by atoms with Crippen molar-refractivity contribution in [2.75, 3.05) is 5.32 Å². The SMILES string of the molecule is Cc1cc(NC(N)=NCc2ccccc2)c(F)cc1Br. The van der Waals surface area contributed by atoms with Gasteiger partial charge in [-0.25, -0.2) is 9.38 Å². The first-order chi connectivity index (χ1) is 9.56. The van der Waals surface area contributed by atoms with Gasteiger partial charge in [-0.15, -0.1) is 0 Å². The van der Waals surface area contributed by atoms with Crippen LogP contribution in [0.3, 0.4) is 0 Å². The number of hydrogen-bond donors (Lipinski definition) is 2. The molecule has 0 aliphatic heterocycles. The number of aryl methyl sites for hydroxylation is 1. The number of nitrogens with two attached hydrogens (primary N) is 1. The third kappa shape index (κ3) is 3.81. The van der Waals surface area contributed by atoms with Gasteiger partial charge in [0.15, 0.2) is 5.96 Å². The molecule has 0 aliphatic rings. The van der Waals surface area contributed by atoms with E-state index >= 15 is 0 Å². The van der Waals surface area contributed by atoms with Gasteiger partial charge in [0.2, 0.25) is 0 Å². The molecule has 5 heteroatoms. The Morgan fingerprint density at radius 1 is 1.30 bits per heavy atom. The molecule has 0 saturated carbocycles. The maximum atomic E-state index is 13.8. The molecule has 0 unspecified atom stereocenters. The molecule has 0 atom stereocenters. The quantitative estimate of drug-likeness (QED) is 0.661. The van der Waals surface area contributed by atoms with Gasteiger partial charge in [0.1, 0.15) is 5.82 Å². The second kappa shape index (κ2) is 6.52. The number of nitrogens with one attached hydrogen (secondary N) is 1. The molecule has 2 rings (SSSR count). The zero-order chi connectivity index (χ0) is 14.5. The molecule has 0 aliphatic carbocycles. The van der Waals surface area contributed by atoms with Gasteiger partial charge in [0.25, 0.3) is 0 Å². The van der Waals surface area contributed by atoms with E-state index in [4.69, 9.17) is 5.73 Å². The van der Waals surface area contributed by atoms with Crippen molar-refractivity contribution in [3.05, 3.63) is 63.9 Å². The number of nitrogens with zero attached hydrogens (tertiary/aromatic N) is 1. The third-order valence-corrected chi connectivity index (χ3v) is 3.64. The highest BCUT2D eigenvalue weighted by Gasteiger charge is 2.06. The van der Waals surface area contributed by atoms with Crippen molar-refractivity contribution in [3.8, 4) is 0 Å². The van der Waals surface area contributed by atoms with Crippen LogP contribution in [0.5, 0.6) is 0 Å². The summed E-state index contributed by atoms with van der Waals surface area (Å²) in [5.41, 5.74) is 8.06. The van der Waals surface area contributed by atoms with Crippen LogP contribution in [0.2, 0.25) is 0 Å². The number of benzene rings is 2. The Hall–Kier alpha value is -1.88. The molecular weight excluding hydrogens is 321 g/mol. The Bertz CT molecular complexity index is 627. The summed E-state index contributed by atoms with van der Waals surface area (Å²) >= 11 is 3.28. The largest absolute Gasteiger partial charge is 0.370 e. The van der Waals surface area contributed by atoms with Crippen molar-refractivity contribution in [2.45, 2.75) is 13.5 Å². The Morgan fingerprint density at radius 3 is 2.70 bits per heavy atom. The molecule has 0 spiro atoms. The minimum Gasteiger partial charge on any atom is -0.370 e. The highest BCUT2D eigenvalue weighted by atomic mass is 79.9. The smallest absolute Gasteiger partial charge is 0.193 e. The van der Waals surface area contributed by atoms with E-state index in [9.17, 15) is 4.39 Å². The van der Waals surface area contributed by atoms with Crippen LogP contribution in [0.15, 0.2) is 51.9 Å². The van der Waals surface area contributed by atoms with Gasteiger partial charge in [0.05, 0.1) is 12.2 Å². The summed E-state index contributed by atoms with van der Waals surface area (Å²) in [6.45, 7) is 2.34. The summed E-state index contributed by atoms with van der Waals surface area (Å²) in [5, 5.41) is 2.78. The number of halogens is 2. The van der Waals surface area contributed by atoms with E-state index in [1.165, 1.54) is 6.07 Å². The minimum atomic E-state index is -0.375. The molecule has 2 aromatic rings. The topological polar surface area (TPSA) is 50.4 Å². The van der Waals surface area contributed by atoms with E-state index < -0.39 is 0 Å². The van der Waals surface area contributed by atoms with Crippen molar-refractivity contribution in [1.29, 1.82) is 0 Å². The van der Waals surface area contributed by atoms with Crippen LogP contribution in [0.25, 0.3) is 0 Å². The highest BCUT2D eigenvalue weighted by molar-refractivity contribution is 9.10. The molecule has 0 heterocycles. The summed E-state index contributed by atoms with van der Waals surface area (Å²) in [7, 11) is 0. The van der Waals surface area contributed by atoms with Gasteiger partial charge in [-0.05, 0) is 30.2 Å². The average molecular weight is 336 g/mol. The van der Waals surface area contributed by atoms with Crippen molar-refractivity contribution in [2.24, 2.45) is 10.7 Å². The first kappa shape index (κ1) is 14.5. The average Bonchev–Trinajstić information content (AvgIpc) is 2.44. The summed E-state index contributed by atoms with van der Waals surface area (Å²) in [5.74, 6) is -0.185. The molecule has 0 amide bonds. The minimum absolute atomic E-state index is 0.189. The van der Waals surface area contributed by atoms with Crippen LogP contribution in [0, 0.1) is 12.7 Å². The molecule has 0 fully saturated rings. The lowest BCUT2D eigenvalue weighted by molar-refractivity contribution is 0.630. The highest BCUT2D eigenvalue weighted by Crippen LogP contribution is 2.23. The Kier molecular flexibility index (Phi) is 4.74. The number of guanidine groups is 1. The molecule has 3 nitrogen and oxygen atoms in total. The zero-order valence-corrected chi connectivity index (χ0v) is 12.6. The lowest BCUT2D eigenvalue weighted by Crippen LogP contribution is -2.23. The Labute approximate surface area is 125 Å². The second-order valence-corrected chi connectivity index (χ2v) is 5.25. The van der Waals surface area contributed by atoms with Crippen LogP contribution in [0.4, 0.5) is 10.1 Å². The van der Waals surface area contributed by atoms with Gasteiger partial charge >= 0.3 is 0 Å². The number of anilines is 1. The van der Waals surface area contributed by atoms with E-state index in [1.807, 2.05) is 37.3 Å². The molecule has 0 saturated heterocycles. The predicted molar refractivity (Wildman–Crippen MR) is 84.2 cm³/mol. The van der Waals surface area contributed by atoms with Gasteiger partial charge in [-0.2, -0.15) is 0 Å². The van der Waals surface area contributed by atoms with Crippen LogP contribution < -0.4 is 11.1 Å². The molecule has 3 N–H and O–H groups in total. The van der Waals surface area contributed by atoms with E-state index in [0.29, 0.717) is 12.2 Å². The number of rotatable bonds is 3. The molecule has 0 aromatic heterocycles. The first-order valence-corrected chi connectivity index (χ1v) is 6.92. The van der Waals surface area contributed by atoms with E-state index in [0.717, 1.165) is 15.6 Å². The first-order valence-electron chi connectivity index (χ1n) is 6.13. The van der Waals surface area contributed by atoms with E-state index in [-0.39, 0.29) is 11.8 Å². The molecule has 20 heavy (non-hydrogen) atoms. The lowest BCUT2D eigenvalue weighted by atomic mass is 10.2. The van der Waals surface area contributed by atoms with Gasteiger partial charge in [0, 0.05) is 4.47 Å². The molecule has 0 radical (unpaired) electrons. The number of aliphatic imine (C=N–C) groups is 1. The van der Waals surface area contributed by atoms with E-state index in [1.54, 1.807) is 6.07 Å². The summed E-state index contributed by atoms with van der Waals surface area (Å²) in [6.07, 6.45) is 0. The monoisotopic (exact) mass is 335 g/mol. The second-order valence-electron chi connectivity index (χ2n) is 4.39. The lowest BCUT2D eigenvalue weighted by Gasteiger charge is -2.09. The van der Waals surface area contributed by atoms with Crippen LogP contribution in [-0.2, 0) is 6.54 Å². The number of hydrogen-bond acceptors (Lipinski definition) is 1. The summed E-state index contributed by atoms with van der Waals surface area (Å²) in [6, 6.07) is 12.8. The maximum absolute atomic E-state index is 13.8. The molecule has 0 bridgehead atoms.